The van der Waals surface area contributed by atoms with Crippen molar-refractivity contribution in [1.29, 1.82) is 0 Å². The van der Waals surface area contributed by atoms with Crippen LogP contribution in [-0.4, -0.2) is 21.6 Å². The largest absolute Gasteiger partial charge is 0.461 e. The number of carbonyl (C=O) groups is 1. The summed E-state index contributed by atoms with van der Waals surface area (Å²) in [6.07, 6.45) is 1.67. The zero-order chi connectivity index (χ0) is 19.4. The van der Waals surface area contributed by atoms with Gasteiger partial charge >= 0.3 is 5.97 Å². The topological polar surface area (TPSA) is 44.1 Å². The quantitative estimate of drug-likeness (QED) is 0.444. The first kappa shape index (κ1) is 19.6. The van der Waals surface area contributed by atoms with Crippen molar-refractivity contribution in [2.75, 3.05) is 0 Å². The van der Waals surface area contributed by atoms with Gasteiger partial charge in [0, 0.05) is 10.0 Å². The lowest BCUT2D eigenvalue weighted by Gasteiger charge is -2.19. The number of aromatic nitrogens is 2. The summed E-state index contributed by atoms with van der Waals surface area (Å²) in [5, 5.41) is 0. The van der Waals surface area contributed by atoms with E-state index in [0.29, 0.717) is 5.92 Å². The fourth-order valence-electron chi connectivity index (χ4n) is 3.23. The van der Waals surface area contributed by atoms with E-state index in [0.717, 1.165) is 39.7 Å². The Kier molecular flexibility index (Phi) is 6.32. The number of hydrogen-bond donors (Lipinski definition) is 0. The van der Waals surface area contributed by atoms with Gasteiger partial charge in [-0.3, -0.25) is 4.79 Å². The third kappa shape index (κ3) is 4.78. The molecule has 0 aliphatic heterocycles. The number of fused-ring (bicyclic) bond motifs is 1. The van der Waals surface area contributed by atoms with E-state index in [1.54, 1.807) is 0 Å². The van der Waals surface area contributed by atoms with E-state index in [2.05, 4.69) is 36.7 Å². The summed E-state index contributed by atoms with van der Waals surface area (Å²) >= 11 is 3.46. The standard InChI is InChI=1S/C22H25BrN2O2/c1-4-18(13-15(2)3)27-21(26)14-25-20-8-6-5-7-19(20)24-22(25)16-9-11-17(23)12-10-16/h5-12,15,18H,4,13-14H2,1-3H3/t18-/m0/s1. The van der Waals surface area contributed by atoms with E-state index in [9.17, 15) is 4.79 Å². The first-order chi connectivity index (χ1) is 13.0. The molecule has 2 aromatic carbocycles. The van der Waals surface area contributed by atoms with Crippen LogP contribution < -0.4 is 0 Å². The van der Waals surface area contributed by atoms with Gasteiger partial charge in [0.2, 0.25) is 0 Å². The molecule has 0 amide bonds. The number of rotatable bonds is 7. The van der Waals surface area contributed by atoms with Gasteiger partial charge in [-0.05, 0) is 43.0 Å². The van der Waals surface area contributed by atoms with Crippen LogP contribution in [0.3, 0.4) is 0 Å². The zero-order valence-corrected chi connectivity index (χ0v) is 17.6. The molecule has 0 radical (unpaired) electrons. The van der Waals surface area contributed by atoms with Gasteiger partial charge in [0.1, 0.15) is 18.5 Å². The summed E-state index contributed by atoms with van der Waals surface area (Å²) in [7, 11) is 0. The molecule has 5 heteroatoms. The van der Waals surface area contributed by atoms with Gasteiger partial charge in [-0.15, -0.1) is 0 Å². The predicted molar refractivity (Wildman–Crippen MR) is 112 cm³/mol. The van der Waals surface area contributed by atoms with Crippen molar-refractivity contribution < 1.29 is 9.53 Å². The maximum Gasteiger partial charge on any atom is 0.326 e. The molecule has 1 heterocycles. The number of ether oxygens (including phenoxy) is 1. The average molecular weight is 429 g/mol. The zero-order valence-electron chi connectivity index (χ0n) is 16.0. The van der Waals surface area contributed by atoms with E-state index in [4.69, 9.17) is 9.72 Å². The first-order valence-electron chi connectivity index (χ1n) is 9.38. The smallest absolute Gasteiger partial charge is 0.326 e. The van der Waals surface area contributed by atoms with Crippen molar-refractivity contribution in [1.82, 2.24) is 9.55 Å². The molecule has 0 fully saturated rings. The van der Waals surface area contributed by atoms with E-state index in [1.165, 1.54) is 0 Å². The number of halogens is 1. The lowest BCUT2D eigenvalue weighted by molar-refractivity contribution is -0.150. The summed E-state index contributed by atoms with van der Waals surface area (Å²) in [6.45, 7) is 6.50. The molecule has 0 N–H and O–H groups in total. The van der Waals surface area contributed by atoms with Gasteiger partial charge in [-0.25, -0.2) is 4.98 Å². The highest BCUT2D eigenvalue weighted by molar-refractivity contribution is 9.10. The Morgan fingerprint density at radius 2 is 1.85 bits per heavy atom. The van der Waals surface area contributed by atoms with Crippen molar-refractivity contribution in [2.24, 2.45) is 5.92 Å². The predicted octanol–water partition coefficient (Wildman–Crippen LogP) is 5.83. The monoisotopic (exact) mass is 428 g/mol. The number of esters is 1. The average Bonchev–Trinajstić information content (AvgIpc) is 3.00. The number of para-hydroxylation sites is 2. The molecule has 0 aliphatic rings. The van der Waals surface area contributed by atoms with E-state index >= 15 is 0 Å². The fraction of sp³-hybridized carbons (Fsp3) is 0.364. The van der Waals surface area contributed by atoms with Gasteiger partial charge in [0.25, 0.3) is 0 Å². The maximum atomic E-state index is 12.7. The van der Waals surface area contributed by atoms with Crippen LogP contribution >= 0.6 is 15.9 Å². The van der Waals surface area contributed by atoms with Gasteiger partial charge < -0.3 is 9.30 Å². The van der Waals surface area contributed by atoms with Crippen LogP contribution in [0.15, 0.2) is 53.0 Å². The minimum atomic E-state index is -0.219. The van der Waals surface area contributed by atoms with Gasteiger partial charge in [0.05, 0.1) is 11.0 Å². The fourth-order valence-corrected chi connectivity index (χ4v) is 3.50. The van der Waals surface area contributed by atoms with Crippen molar-refractivity contribution >= 4 is 32.9 Å². The molecule has 3 rings (SSSR count). The Morgan fingerprint density at radius 3 is 2.52 bits per heavy atom. The second-order valence-electron chi connectivity index (χ2n) is 7.17. The number of benzene rings is 2. The summed E-state index contributed by atoms with van der Waals surface area (Å²) in [4.78, 5) is 17.4. The molecule has 3 aromatic rings. The Labute approximate surface area is 168 Å². The molecule has 1 atom stereocenters. The van der Waals surface area contributed by atoms with Crippen LogP contribution in [0.4, 0.5) is 0 Å². The summed E-state index contributed by atoms with van der Waals surface area (Å²) in [5.41, 5.74) is 2.78. The normalized spacial score (nSPS) is 12.5. The number of imidazole rings is 1. The van der Waals surface area contributed by atoms with Crippen LogP contribution in [0.1, 0.15) is 33.6 Å². The van der Waals surface area contributed by atoms with Crippen LogP contribution in [0, 0.1) is 5.92 Å². The molecule has 0 unspecified atom stereocenters. The first-order valence-corrected chi connectivity index (χ1v) is 10.2. The molecule has 0 aliphatic carbocycles. The summed E-state index contributed by atoms with van der Waals surface area (Å²) in [5.74, 6) is 1.05. The molecule has 142 valence electrons. The van der Waals surface area contributed by atoms with Crippen molar-refractivity contribution in [2.45, 2.75) is 46.3 Å². The van der Waals surface area contributed by atoms with Crippen LogP contribution in [0.25, 0.3) is 22.4 Å². The van der Waals surface area contributed by atoms with Crippen molar-refractivity contribution in [3.8, 4) is 11.4 Å². The van der Waals surface area contributed by atoms with Crippen molar-refractivity contribution in [3.05, 3.63) is 53.0 Å². The third-order valence-electron chi connectivity index (χ3n) is 4.53. The minimum Gasteiger partial charge on any atom is -0.461 e. The molecule has 1 aromatic heterocycles. The molecular weight excluding hydrogens is 404 g/mol. The van der Waals surface area contributed by atoms with E-state index in [-0.39, 0.29) is 18.6 Å². The SMILES string of the molecule is CC[C@@H](CC(C)C)OC(=O)Cn1c(-c2ccc(Br)cc2)nc2ccccc21. The third-order valence-corrected chi connectivity index (χ3v) is 5.06. The highest BCUT2D eigenvalue weighted by atomic mass is 79.9. The molecular formula is C22H25BrN2O2. The molecule has 0 bridgehead atoms. The van der Waals surface area contributed by atoms with Gasteiger partial charge in [-0.2, -0.15) is 0 Å². The van der Waals surface area contributed by atoms with Gasteiger partial charge in [0.15, 0.2) is 0 Å². The van der Waals surface area contributed by atoms with Crippen LogP contribution in [0.2, 0.25) is 0 Å². The Hall–Kier alpha value is -2.14. The summed E-state index contributed by atoms with van der Waals surface area (Å²) < 4.78 is 8.70. The lowest BCUT2D eigenvalue weighted by atomic mass is 10.0. The Bertz CT molecular complexity index is 916. The molecule has 0 saturated carbocycles. The van der Waals surface area contributed by atoms with Crippen molar-refractivity contribution in [3.63, 3.8) is 0 Å². The highest BCUT2D eigenvalue weighted by Gasteiger charge is 2.19. The Morgan fingerprint density at radius 1 is 1.15 bits per heavy atom. The number of hydrogen-bond acceptors (Lipinski definition) is 3. The Balaban J connectivity index is 1.91. The van der Waals surface area contributed by atoms with E-state index < -0.39 is 0 Å². The maximum absolute atomic E-state index is 12.7. The number of nitrogens with zero attached hydrogens (tertiary/aromatic N) is 2. The number of carbonyl (C=O) groups excluding carboxylic acids is 1. The second-order valence-corrected chi connectivity index (χ2v) is 8.08. The molecule has 0 spiro atoms. The van der Waals surface area contributed by atoms with Crippen LogP contribution in [-0.2, 0) is 16.1 Å². The highest BCUT2D eigenvalue weighted by Crippen LogP contribution is 2.26. The van der Waals surface area contributed by atoms with Crippen LogP contribution in [0.5, 0.6) is 0 Å². The second kappa shape index (κ2) is 8.70. The van der Waals surface area contributed by atoms with E-state index in [1.807, 2.05) is 53.1 Å². The summed E-state index contributed by atoms with van der Waals surface area (Å²) in [6, 6.07) is 15.8. The molecule has 27 heavy (non-hydrogen) atoms. The minimum absolute atomic E-state index is 0.0385. The molecule has 4 nitrogen and oxygen atoms in total. The lowest BCUT2D eigenvalue weighted by Crippen LogP contribution is -2.23. The van der Waals surface area contributed by atoms with Gasteiger partial charge in [-0.1, -0.05) is 61.0 Å². The molecule has 0 saturated heterocycles.